The van der Waals surface area contributed by atoms with Gasteiger partial charge in [0.2, 0.25) is 5.91 Å². The minimum Gasteiger partial charge on any atom is -0.346 e. The molecular formula is C24H22N2O2S. The highest BCUT2D eigenvalue weighted by molar-refractivity contribution is 7.99. The fourth-order valence-corrected chi connectivity index (χ4v) is 4.26. The number of benzene rings is 3. The molecule has 0 radical (unpaired) electrons. The number of carbonyl (C=O) groups is 2. The standard InChI is InChI=1S/C24H22N2O2S/c1-16(17-7-9-19(10-8-17)18-5-3-2-4-6-18)25-24(28)20-11-12-22-21(15-20)26-23(27)13-14-29-22/h2-12,15-16H,13-14H2,1H3,(H,25,28)(H,26,27). The zero-order valence-corrected chi connectivity index (χ0v) is 17.0. The minimum atomic E-state index is -0.157. The van der Waals surface area contributed by atoms with Gasteiger partial charge in [0.1, 0.15) is 0 Å². The number of amides is 2. The Hall–Kier alpha value is -3.05. The highest BCUT2D eigenvalue weighted by Gasteiger charge is 2.17. The second-order valence-electron chi connectivity index (χ2n) is 7.04. The molecule has 2 amide bonds. The van der Waals surface area contributed by atoms with Crippen molar-refractivity contribution in [2.45, 2.75) is 24.3 Å². The molecule has 0 spiro atoms. The topological polar surface area (TPSA) is 58.2 Å². The minimum absolute atomic E-state index is 0.0133. The van der Waals surface area contributed by atoms with E-state index in [1.165, 1.54) is 5.56 Å². The molecule has 4 rings (SSSR count). The van der Waals surface area contributed by atoms with Gasteiger partial charge in [0.25, 0.3) is 5.91 Å². The summed E-state index contributed by atoms with van der Waals surface area (Å²) in [5.74, 6) is 0.581. The maximum Gasteiger partial charge on any atom is 0.251 e. The molecule has 2 N–H and O–H groups in total. The number of carbonyl (C=O) groups excluding carboxylic acids is 2. The number of nitrogens with one attached hydrogen (secondary N) is 2. The van der Waals surface area contributed by atoms with Crippen molar-refractivity contribution in [1.82, 2.24) is 5.32 Å². The maximum atomic E-state index is 12.7. The molecule has 1 atom stereocenters. The summed E-state index contributed by atoms with van der Waals surface area (Å²) in [7, 11) is 0. The van der Waals surface area contributed by atoms with Gasteiger partial charge in [-0.2, -0.15) is 0 Å². The van der Waals surface area contributed by atoms with Crippen LogP contribution in [0.4, 0.5) is 5.69 Å². The fourth-order valence-electron chi connectivity index (χ4n) is 3.32. The van der Waals surface area contributed by atoms with Crippen LogP contribution in [0.25, 0.3) is 11.1 Å². The van der Waals surface area contributed by atoms with E-state index in [1.54, 1.807) is 17.8 Å². The van der Waals surface area contributed by atoms with E-state index >= 15 is 0 Å². The van der Waals surface area contributed by atoms with Crippen LogP contribution in [0.3, 0.4) is 0 Å². The number of rotatable bonds is 4. The summed E-state index contributed by atoms with van der Waals surface area (Å²) in [4.78, 5) is 25.5. The summed E-state index contributed by atoms with van der Waals surface area (Å²) in [5.41, 5.74) is 4.61. The summed E-state index contributed by atoms with van der Waals surface area (Å²) in [6, 6.07) is 23.8. The summed E-state index contributed by atoms with van der Waals surface area (Å²) < 4.78 is 0. The quantitative estimate of drug-likeness (QED) is 0.624. The van der Waals surface area contributed by atoms with Crippen LogP contribution >= 0.6 is 11.8 Å². The van der Waals surface area contributed by atoms with E-state index in [0.29, 0.717) is 17.7 Å². The molecule has 29 heavy (non-hydrogen) atoms. The van der Waals surface area contributed by atoms with Gasteiger partial charge in [-0.15, -0.1) is 11.8 Å². The molecule has 1 aliphatic rings. The van der Waals surface area contributed by atoms with E-state index in [1.807, 2.05) is 49.4 Å². The summed E-state index contributed by atoms with van der Waals surface area (Å²) >= 11 is 1.63. The Morgan fingerprint density at radius 2 is 1.72 bits per heavy atom. The zero-order chi connectivity index (χ0) is 20.2. The van der Waals surface area contributed by atoms with Crippen LogP contribution in [-0.4, -0.2) is 17.6 Å². The Kier molecular flexibility index (Phi) is 5.67. The summed E-state index contributed by atoms with van der Waals surface area (Å²) in [6.45, 7) is 1.97. The van der Waals surface area contributed by atoms with Crippen molar-refractivity contribution in [3.05, 3.63) is 83.9 Å². The third-order valence-electron chi connectivity index (χ3n) is 4.97. The smallest absolute Gasteiger partial charge is 0.251 e. The first-order valence-corrected chi connectivity index (χ1v) is 10.6. The Labute approximate surface area is 174 Å². The lowest BCUT2D eigenvalue weighted by atomic mass is 10.0. The SMILES string of the molecule is CC(NC(=O)c1ccc2c(c1)NC(=O)CCS2)c1ccc(-c2ccccc2)cc1. The number of fused-ring (bicyclic) bond motifs is 1. The largest absolute Gasteiger partial charge is 0.346 e. The third-order valence-corrected chi connectivity index (χ3v) is 6.04. The Morgan fingerprint density at radius 1 is 1.00 bits per heavy atom. The van der Waals surface area contributed by atoms with Crippen molar-refractivity contribution >= 4 is 29.3 Å². The second kappa shape index (κ2) is 8.53. The molecule has 4 nitrogen and oxygen atoms in total. The lowest BCUT2D eigenvalue weighted by Crippen LogP contribution is -2.26. The van der Waals surface area contributed by atoms with Gasteiger partial charge in [0.15, 0.2) is 0 Å². The summed E-state index contributed by atoms with van der Waals surface area (Å²) in [6.07, 6.45) is 0.483. The predicted octanol–water partition coefficient (Wildman–Crippen LogP) is 5.28. The molecule has 1 heterocycles. The van der Waals surface area contributed by atoms with Gasteiger partial charge >= 0.3 is 0 Å². The molecule has 3 aromatic carbocycles. The number of hydrogen-bond donors (Lipinski definition) is 2. The first-order chi connectivity index (χ1) is 14.1. The average Bonchev–Trinajstić information content (AvgIpc) is 2.94. The monoisotopic (exact) mass is 402 g/mol. The molecule has 0 saturated carbocycles. The van der Waals surface area contributed by atoms with Crippen LogP contribution in [-0.2, 0) is 4.79 Å². The normalized spacial score (nSPS) is 14.3. The van der Waals surface area contributed by atoms with Crippen molar-refractivity contribution in [2.75, 3.05) is 11.1 Å². The highest BCUT2D eigenvalue weighted by Crippen LogP contribution is 2.31. The van der Waals surface area contributed by atoms with Gasteiger partial charge in [0, 0.05) is 22.6 Å². The van der Waals surface area contributed by atoms with Crippen LogP contribution in [0.5, 0.6) is 0 Å². The maximum absolute atomic E-state index is 12.7. The fraction of sp³-hybridized carbons (Fsp3) is 0.167. The molecule has 1 unspecified atom stereocenters. The molecule has 0 bridgehead atoms. The van der Waals surface area contributed by atoms with Gasteiger partial charge < -0.3 is 10.6 Å². The van der Waals surface area contributed by atoms with E-state index < -0.39 is 0 Å². The number of hydrogen-bond acceptors (Lipinski definition) is 3. The molecule has 0 aromatic heterocycles. The molecule has 3 aromatic rings. The van der Waals surface area contributed by atoms with Gasteiger partial charge in [-0.3, -0.25) is 9.59 Å². The van der Waals surface area contributed by atoms with Crippen LogP contribution in [0.15, 0.2) is 77.7 Å². The van der Waals surface area contributed by atoms with Crippen LogP contribution in [0.1, 0.15) is 35.3 Å². The van der Waals surface area contributed by atoms with E-state index in [0.717, 1.165) is 21.8 Å². The number of thioether (sulfide) groups is 1. The van der Waals surface area contributed by atoms with Crippen molar-refractivity contribution in [1.29, 1.82) is 0 Å². The van der Waals surface area contributed by atoms with Gasteiger partial charge in [-0.05, 0) is 41.8 Å². The van der Waals surface area contributed by atoms with Crippen molar-refractivity contribution < 1.29 is 9.59 Å². The van der Waals surface area contributed by atoms with Crippen LogP contribution in [0.2, 0.25) is 0 Å². The van der Waals surface area contributed by atoms with Gasteiger partial charge in [-0.1, -0.05) is 54.6 Å². The predicted molar refractivity (Wildman–Crippen MR) is 118 cm³/mol. The van der Waals surface area contributed by atoms with Crippen LogP contribution in [0, 0.1) is 0 Å². The first kappa shape index (κ1) is 19.3. The molecular weight excluding hydrogens is 380 g/mol. The van der Waals surface area contributed by atoms with E-state index in [4.69, 9.17) is 0 Å². The Balaban J connectivity index is 1.46. The van der Waals surface area contributed by atoms with E-state index in [-0.39, 0.29) is 17.9 Å². The number of anilines is 1. The summed E-state index contributed by atoms with van der Waals surface area (Å²) in [5, 5.41) is 5.93. The lowest BCUT2D eigenvalue weighted by Gasteiger charge is -2.16. The second-order valence-corrected chi connectivity index (χ2v) is 8.18. The van der Waals surface area contributed by atoms with E-state index in [2.05, 4.69) is 34.9 Å². The first-order valence-electron chi connectivity index (χ1n) is 9.63. The Morgan fingerprint density at radius 3 is 2.48 bits per heavy atom. The van der Waals surface area contributed by atoms with Crippen molar-refractivity contribution in [3.8, 4) is 11.1 Å². The molecule has 0 fully saturated rings. The molecule has 1 aliphatic heterocycles. The lowest BCUT2D eigenvalue weighted by molar-refractivity contribution is -0.115. The highest BCUT2D eigenvalue weighted by atomic mass is 32.2. The van der Waals surface area contributed by atoms with Crippen molar-refractivity contribution in [3.63, 3.8) is 0 Å². The van der Waals surface area contributed by atoms with Crippen molar-refractivity contribution in [2.24, 2.45) is 0 Å². The van der Waals surface area contributed by atoms with Crippen LogP contribution < -0.4 is 10.6 Å². The third kappa shape index (κ3) is 4.51. The molecule has 0 aliphatic carbocycles. The van der Waals surface area contributed by atoms with E-state index in [9.17, 15) is 9.59 Å². The van der Waals surface area contributed by atoms with Gasteiger partial charge in [0.05, 0.1) is 11.7 Å². The average molecular weight is 403 g/mol. The molecule has 146 valence electrons. The molecule has 5 heteroatoms. The molecule has 0 saturated heterocycles. The Bertz CT molecular complexity index is 1030. The van der Waals surface area contributed by atoms with Gasteiger partial charge in [-0.25, -0.2) is 0 Å². The zero-order valence-electron chi connectivity index (χ0n) is 16.1.